The number of hydrogen-bond acceptors (Lipinski definition) is 4. The molecule has 29 heavy (non-hydrogen) atoms. The predicted octanol–water partition coefficient (Wildman–Crippen LogP) is 4.39. The summed E-state index contributed by atoms with van der Waals surface area (Å²) in [4.78, 5) is 8.47. The third-order valence-electron chi connectivity index (χ3n) is 5.26. The second kappa shape index (κ2) is 12.4. The minimum atomic E-state index is 0. The Morgan fingerprint density at radius 1 is 1.24 bits per heavy atom. The molecular formula is C22H33IN4OS. The van der Waals surface area contributed by atoms with Crippen molar-refractivity contribution >= 4 is 47.0 Å². The maximum absolute atomic E-state index is 9.29. The summed E-state index contributed by atoms with van der Waals surface area (Å²) in [5.74, 6) is 1.32. The predicted molar refractivity (Wildman–Crippen MR) is 135 cm³/mol. The Bertz CT molecular complexity index is 728. The number of thiophene rings is 1. The number of halogens is 1. The van der Waals surface area contributed by atoms with E-state index in [-0.39, 0.29) is 30.0 Å². The molecule has 0 bridgehead atoms. The number of benzene rings is 1. The van der Waals surface area contributed by atoms with Crippen LogP contribution >= 0.6 is 35.3 Å². The van der Waals surface area contributed by atoms with Gasteiger partial charge >= 0.3 is 0 Å². The van der Waals surface area contributed by atoms with Gasteiger partial charge < -0.3 is 20.6 Å². The molecule has 2 heterocycles. The van der Waals surface area contributed by atoms with Gasteiger partial charge in [0.25, 0.3) is 0 Å². The van der Waals surface area contributed by atoms with Crippen LogP contribution in [0.3, 0.4) is 0 Å². The Morgan fingerprint density at radius 2 is 1.97 bits per heavy atom. The van der Waals surface area contributed by atoms with Crippen LogP contribution in [-0.2, 0) is 6.54 Å². The van der Waals surface area contributed by atoms with Crippen molar-refractivity contribution in [1.29, 1.82) is 0 Å². The molecule has 1 unspecified atom stereocenters. The monoisotopic (exact) mass is 528 g/mol. The third-order valence-corrected chi connectivity index (χ3v) is 6.32. The van der Waals surface area contributed by atoms with Gasteiger partial charge in [0.1, 0.15) is 0 Å². The second-order valence-corrected chi connectivity index (χ2v) is 8.34. The van der Waals surface area contributed by atoms with Crippen molar-refractivity contribution in [1.82, 2.24) is 10.6 Å². The maximum atomic E-state index is 9.29. The third kappa shape index (κ3) is 7.15. The van der Waals surface area contributed by atoms with E-state index in [1.807, 2.05) is 0 Å². The average Bonchev–Trinajstić information content (AvgIpc) is 3.28. The zero-order valence-electron chi connectivity index (χ0n) is 17.3. The summed E-state index contributed by atoms with van der Waals surface area (Å²) < 4.78 is 0. The highest BCUT2D eigenvalue weighted by molar-refractivity contribution is 14.0. The number of guanidine groups is 1. The van der Waals surface area contributed by atoms with Gasteiger partial charge in [-0.1, -0.05) is 18.2 Å². The summed E-state index contributed by atoms with van der Waals surface area (Å²) in [5.41, 5.74) is 2.47. The maximum Gasteiger partial charge on any atom is 0.192 e. The number of aliphatic hydroxyl groups is 1. The largest absolute Gasteiger partial charge is 0.396 e. The lowest BCUT2D eigenvalue weighted by Crippen LogP contribution is -2.38. The van der Waals surface area contributed by atoms with E-state index in [9.17, 15) is 5.11 Å². The molecule has 0 amide bonds. The van der Waals surface area contributed by atoms with Gasteiger partial charge in [0.2, 0.25) is 0 Å². The quantitative estimate of drug-likeness (QED) is 0.284. The molecule has 1 aromatic carbocycles. The smallest absolute Gasteiger partial charge is 0.192 e. The van der Waals surface area contributed by atoms with Crippen molar-refractivity contribution in [3.8, 4) is 0 Å². The first kappa shape index (κ1) is 24.0. The molecule has 1 saturated heterocycles. The van der Waals surface area contributed by atoms with Crippen LogP contribution in [0, 0.1) is 5.92 Å². The van der Waals surface area contributed by atoms with Crippen molar-refractivity contribution < 1.29 is 5.11 Å². The van der Waals surface area contributed by atoms with Crippen LogP contribution in [0.5, 0.6) is 0 Å². The van der Waals surface area contributed by atoms with E-state index in [0.717, 1.165) is 38.4 Å². The molecule has 7 heteroatoms. The molecule has 0 saturated carbocycles. The van der Waals surface area contributed by atoms with Gasteiger partial charge in [0.05, 0.1) is 12.6 Å². The van der Waals surface area contributed by atoms with Crippen LogP contribution in [0.15, 0.2) is 46.8 Å². The van der Waals surface area contributed by atoms with Crippen LogP contribution in [0.4, 0.5) is 5.69 Å². The van der Waals surface area contributed by atoms with E-state index in [0.29, 0.717) is 19.1 Å². The molecule has 2 aromatic rings. The number of aliphatic hydroxyl groups excluding tert-OH is 1. The highest BCUT2D eigenvalue weighted by Gasteiger charge is 2.18. The number of hydrogen-bond donors (Lipinski definition) is 3. The van der Waals surface area contributed by atoms with Crippen LogP contribution in [0.2, 0.25) is 0 Å². The first-order chi connectivity index (χ1) is 13.7. The summed E-state index contributed by atoms with van der Waals surface area (Å²) in [5, 5.41) is 18.2. The fourth-order valence-corrected chi connectivity index (χ4v) is 4.22. The molecule has 1 aromatic heterocycles. The SMILES string of the molecule is CCNC(=NCc1ccc(N2CCC(CO)CC2)cc1)NC(C)c1cccs1.I. The number of anilines is 1. The van der Waals surface area contributed by atoms with Crippen molar-refractivity contribution in [3.05, 3.63) is 52.2 Å². The molecular weight excluding hydrogens is 495 g/mol. The first-order valence-corrected chi connectivity index (χ1v) is 11.1. The van der Waals surface area contributed by atoms with Crippen molar-refractivity contribution in [2.45, 2.75) is 39.3 Å². The zero-order chi connectivity index (χ0) is 19.8. The van der Waals surface area contributed by atoms with Gasteiger partial charge in [-0.15, -0.1) is 35.3 Å². The number of nitrogens with zero attached hydrogens (tertiary/aromatic N) is 2. The molecule has 5 nitrogen and oxygen atoms in total. The second-order valence-electron chi connectivity index (χ2n) is 7.36. The molecule has 1 aliphatic rings. The number of nitrogens with one attached hydrogen (secondary N) is 2. The summed E-state index contributed by atoms with van der Waals surface area (Å²) >= 11 is 1.76. The Morgan fingerprint density at radius 3 is 2.55 bits per heavy atom. The zero-order valence-corrected chi connectivity index (χ0v) is 20.5. The molecule has 3 rings (SSSR count). The molecule has 160 valence electrons. The van der Waals surface area contributed by atoms with Gasteiger partial charge in [-0.2, -0.15) is 0 Å². The number of piperidine rings is 1. The van der Waals surface area contributed by atoms with E-state index in [1.54, 1.807) is 11.3 Å². The molecule has 3 N–H and O–H groups in total. The lowest BCUT2D eigenvalue weighted by molar-refractivity contribution is 0.203. The van der Waals surface area contributed by atoms with E-state index in [4.69, 9.17) is 4.99 Å². The van der Waals surface area contributed by atoms with Gasteiger partial charge in [-0.05, 0) is 61.7 Å². The van der Waals surface area contributed by atoms with Crippen LogP contribution < -0.4 is 15.5 Å². The average molecular weight is 529 g/mol. The standard InChI is InChI=1S/C22H32N4OS.HI/c1-3-23-22(25-17(2)21-5-4-14-28-21)24-15-18-6-8-20(9-7-18)26-12-10-19(16-27)11-13-26;/h4-9,14,17,19,27H,3,10-13,15-16H2,1-2H3,(H2,23,24,25);1H. The minimum absolute atomic E-state index is 0. The number of rotatable bonds is 7. The van der Waals surface area contributed by atoms with Crippen LogP contribution in [0.1, 0.15) is 43.2 Å². The molecule has 1 aliphatic heterocycles. The van der Waals surface area contributed by atoms with E-state index in [1.165, 1.54) is 16.1 Å². The number of aliphatic imine (C=N–C) groups is 1. The minimum Gasteiger partial charge on any atom is -0.396 e. The Kier molecular flexibility index (Phi) is 10.2. The van der Waals surface area contributed by atoms with Gasteiger partial charge in [0, 0.05) is 36.8 Å². The Hall–Kier alpha value is -1.32. The van der Waals surface area contributed by atoms with E-state index in [2.05, 4.69) is 71.2 Å². The summed E-state index contributed by atoms with van der Waals surface area (Å²) in [6, 6.07) is 13.2. The highest BCUT2D eigenvalue weighted by Crippen LogP contribution is 2.23. The molecule has 0 aliphatic carbocycles. The normalized spacial score (nSPS) is 16.2. The van der Waals surface area contributed by atoms with Crippen LogP contribution in [0.25, 0.3) is 0 Å². The molecule has 0 spiro atoms. The fraction of sp³-hybridized carbons (Fsp3) is 0.500. The van der Waals surface area contributed by atoms with Gasteiger partial charge in [-0.3, -0.25) is 0 Å². The first-order valence-electron chi connectivity index (χ1n) is 10.2. The van der Waals surface area contributed by atoms with Crippen molar-refractivity contribution in [2.24, 2.45) is 10.9 Å². The lowest BCUT2D eigenvalue weighted by atomic mass is 9.97. The Labute approximate surface area is 195 Å². The Balaban J connectivity index is 0.00000300. The lowest BCUT2D eigenvalue weighted by Gasteiger charge is -2.32. The molecule has 0 radical (unpaired) electrons. The van der Waals surface area contributed by atoms with E-state index >= 15 is 0 Å². The van der Waals surface area contributed by atoms with Gasteiger partial charge in [0.15, 0.2) is 5.96 Å². The summed E-state index contributed by atoms with van der Waals surface area (Å²) in [7, 11) is 0. The van der Waals surface area contributed by atoms with Crippen molar-refractivity contribution in [3.63, 3.8) is 0 Å². The summed E-state index contributed by atoms with van der Waals surface area (Å²) in [6.07, 6.45) is 2.14. The van der Waals surface area contributed by atoms with Crippen LogP contribution in [-0.4, -0.2) is 37.3 Å². The van der Waals surface area contributed by atoms with Crippen molar-refractivity contribution in [2.75, 3.05) is 31.1 Å². The van der Waals surface area contributed by atoms with Gasteiger partial charge in [-0.25, -0.2) is 4.99 Å². The van der Waals surface area contributed by atoms with E-state index < -0.39 is 0 Å². The fourth-order valence-electron chi connectivity index (χ4n) is 3.49. The molecule has 1 atom stereocenters. The topological polar surface area (TPSA) is 59.9 Å². The summed E-state index contributed by atoms with van der Waals surface area (Å²) in [6.45, 7) is 8.11. The highest BCUT2D eigenvalue weighted by atomic mass is 127. The molecule has 1 fully saturated rings.